The van der Waals surface area contributed by atoms with Crippen LogP contribution in [0.15, 0.2) is 0 Å². The van der Waals surface area contributed by atoms with Crippen LogP contribution in [0.5, 0.6) is 0 Å². The standard InChI is InChI=1S/C10H19NO4/c1-6(2)5-8(9(12)13)11-7(3)10(14)15-4/h6-8,11H,5H2,1-4H3,(H,12,13)/t7?,8-/m0/s1. The smallest absolute Gasteiger partial charge is 0.322 e. The number of carboxylic acids is 1. The van der Waals surface area contributed by atoms with E-state index in [1.807, 2.05) is 13.8 Å². The number of hydrogen-bond acceptors (Lipinski definition) is 4. The van der Waals surface area contributed by atoms with E-state index in [0.717, 1.165) is 0 Å². The molecule has 0 aromatic rings. The summed E-state index contributed by atoms with van der Waals surface area (Å²) in [7, 11) is 1.28. The Morgan fingerprint density at radius 1 is 1.33 bits per heavy atom. The maximum absolute atomic E-state index is 11.1. The summed E-state index contributed by atoms with van der Waals surface area (Å²) in [5, 5.41) is 11.6. The number of nitrogens with one attached hydrogen (secondary N) is 1. The average Bonchev–Trinajstić information content (AvgIpc) is 2.14. The Morgan fingerprint density at radius 2 is 1.87 bits per heavy atom. The van der Waals surface area contributed by atoms with Crippen LogP contribution in [0, 0.1) is 5.92 Å². The zero-order valence-electron chi connectivity index (χ0n) is 9.61. The van der Waals surface area contributed by atoms with Gasteiger partial charge in [0.05, 0.1) is 7.11 Å². The van der Waals surface area contributed by atoms with Crippen LogP contribution < -0.4 is 5.32 Å². The molecule has 0 heterocycles. The third-order valence-corrected chi connectivity index (χ3v) is 2.01. The SMILES string of the molecule is COC(=O)C(C)N[C@@H](CC(C)C)C(=O)O. The summed E-state index contributed by atoms with van der Waals surface area (Å²) in [6.45, 7) is 5.45. The van der Waals surface area contributed by atoms with E-state index in [0.29, 0.717) is 6.42 Å². The minimum absolute atomic E-state index is 0.253. The van der Waals surface area contributed by atoms with E-state index in [9.17, 15) is 9.59 Å². The third-order valence-electron chi connectivity index (χ3n) is 2.01. The lowest BCUT2D eigenvalue weighted by atomic mass is 10.0. The van der Waals surface area contributed by atoms with Gasteiger partial charge in [0.15, 0.2) is 0 Å². The quantitative estimate of drug-likeness (QED) is 0.638. The first-order valence-electron chi connectivity index (χ1n) is 4.95. The first-order chi connectivity index (χ1) is 6.88. The molecule has 0 aromatic heterocycles. The van der Waals surface area contributed by atoms with E-state index in [1.54, 1.807) is 6.92 Å². The van der Waals surface area contributed by atoms with E-state index in [1.165, 1.54) is 7.11 Å². The summed E-state index contributed by atoms with van der Waals surface area (Å²) < 4.78 is 4.50. The Balaban J connectivity index is 4.28. The van der Waals surface area contributed by atoms with Crippen molar-refractivity contribution in [2.24, 2.45) is 5.92 Å². The lowest BCUT2D eigenvalue weighted by molar-refractivity contribution is -0.144. The van der Waals surface area contributed by atoms with E-state index in [-0.39, 0.29) is 5.92 Å². The molecule has 5 nitrogen and oxygen atoms in total. The van der Waals surface area contributed by atoms with E-state index in [4.69, 9.17) is 5.11 Å². The Morgan fingerprint density at radius 3 is 2.20 bits per heavy atom. The van der Waals surface area contributed by atoms with Crippen molar-refractivity contribution >= 4 is 11.9 Å². The van der Waals surface area contributed by atoms with Gasteiger partial charge in [-0.05, 0) is 19.3 Å². The van der Waals surface area contributed by atoms with Gasteiger partial charge in [-0.1, -0.05) is 13.8 Å². The van der Waals surface area contributed by atoms with Crippen LogP contribution >= 0.6 is 0 Å². The summed E-state index contributed by atoms with van der Waals surface area (Å²) in [5.74, 6) is -1.15. The molecule has 0 amide bonds. The fourth-order valence-corrected chi connectivity index (χ4v) is 1.26. The summed E-state index contributed by atoms with van der Waals surface area (Å²) >= 11 is 0. The Labute approximate surface area is 89.8 Å². The van der Waals surface area contributed by atoms with Crippen LogP contribution in [0.3, 0.4) is 0 Å². The van der Waals surface area contributed by atoms with E-state index < -0.39 is 24.0 Å². The van der Waals surface area contributed by atoms with Gasteiger partial charge in [0.1, 0.15) is 12.1 Å². The van der Waals surface area contributed by atoms with Gasteiger partial charge in [0.2, 0.25) is 0 Å². The second-order valence-corrected chi connectivity index (χ2v) is 3.93. The van der Waals surface area contributed by atoms with Crippen LogP contribution in [-0.4, -0.2) is 36.2 Å². The zero-order chi connectivity index (χ0) is 12.0. The molecule has 0 radical (unpaired) electrons. The monoisotopic (exact) mass is 217 g/mol. The molecule has 1 unspecified atom stereocenters. The number of hydrogen-bond donors (Lipinski definition) is 2. The van der Waals surface area contributed by atoms with Crippen LogP contribution in [0.2, 0.25) is 0 Å². The van der Waals surface area contributed by atoms with Crippen molar-refractivity contribution in [3.8, 4) is 0 Å². The first-order valence-corrected chi connectivity index (χ1v) is 4.95. The van der Waals surface area contributed by atoms with Gasteiger partial charge >= 0.3 is 11.9 Å². The van der Waals surface area contributed by atoms with Crippen LogP contribution in [-0.2, 0) is 14.3 Å². The number of methoxy groups -OCH3 is 1. The molecule has 0 fully saturated rings. The lowest BCUT2D eigenvalue weighted by Crippen LogP contribution is -2.46. The second kappa shape index (κ2) is 6.40. The molecule has 0 aromatic carbocycles. The van der Waals surface area contributed by atoms with E-state index in [2.05, 4.69) is 10.1 Å². The Bertz CT molecular complexity index is 227. The molecule has 0 aliphatic heterocycles. The predicted molar refractivity (Wildman–Crippen MR) is 55.5 cm³/mol. The normalized spacial score (nSPS) is 14.7. The maximum atomic E-state index is 11.1. The van der Waals surface area contributed by atoms with Crippen molar-refractivity contribution in [2.75, 3.05) is 7.11 Å². The molecule has 0 rings (SSSR count). The fourth-order valence-electron chi connectivity index (χ4n) is 1.26. The number of carbonyl (C=O) groups is 2. The molecule has 0 aliphatic rings. The van der Waals surface area contributed by atoms with Crippen molar-refractivity contribution in [2.45, 2.75) is 39.3 Å². The van der Waals surface area contributed by atoms with Crippen LogP contribution in [0.25, 0.3) is 0 Å². The Kier molecular flexibility index (Phi) is 5.93. The summed E-state index contributed by atoms with van der Waals surface area (Å²) in [6, 6.07) is -1.31. The minimum Gasteiger partial charge on any atom is -0.480 e. The van der Waals surface area contributed by atoms with Crippen molar-refractivity contribution in [1.29, 1.82) is 0 Å². The summed E-state index contributed by atoms with van der Waals surface area (Å²) in [5.41, 5.74) is 0. The van der Waals surface area contributed by atoms with Crippen molar-refractivity contribution < 1.29 is 19.4 Å². The van der Waals surface area contributed by atoms with Gasteiger partial charge in [0, 0.05) is 0 Å². The molecule has 0 spiro atoms. The number of ether oxygens (including phenoxy) is 1. The fraction of sp³-hybridized carbons (Fsp3) is 0.800. The van der Waals surface area contributed by atoms with Crippen molar-refractivity contribution in [1.82, 2.24) is 5.32 Å². The van der Waals surface area contributed by atoms with Gasteiger partial charge in [0.25, 0.3) is 0 Å². The molecular weight excluding hydrogens is 198 g/mol. The highest BCUT2D eigenvalue weighted by atomic mass is 16.5. The highest BCUT2D eigenvalue weighted by Crippen LogP contribution is 2.06. The number of carboxylic acid groups (broad SMARTS) is 1. The van der Waals surface area contributed by atoms with Crippen molar-refractivity contribution in [3.05, 3.63) is 0 Å². The molecule has 2 atom stereocenters. The van der Waals surface area contributed by atoms with Gasteiger partial charge in [-0.25, -0.2) is 0 Å². The molecule has 5 heteroatoms. The lowest BCUT2D eigenvalue weighted by Gasteiger charge is -2.19. The van der Waals surface area contributed by atoms with Crippen LogP contribution in [0.4, 0.5) is 0 Å². The molecule has 0 aliphatic carbocycles. The van der Waals surface area contributed by atoms with Gasteiger partial charge < -0.3 is 9.84 Å². The largest absolute Gasteiger partial charge is 0.480 e. The highest BCUT2D eigenvalue weighted by Gasteiger charge is 2.23. The highest BCUT2D eigenvalue weighted by molar-refractivity contribution is 5.78. The number of esters is 1. The number of aliphatic carboxylic acids is 1. The van der Waals surface area contributed by atoms with Gasteiger partial charge in [-0.15, -0.1) is 0 Å². The molecule has 0 saturated carbocycles. The molecule has 88 valence electrons. The average molecular weight is 217 g/mol. The first kappa shape index (κ1) is 13.9. The predicted octanol–water partition coefficient (Wildman–Crippen LogP) is 0.637. The molecule has 15 heavy (non-hydrogen) atoms. The van der Waals surface area contributed by atoms with Gasteiger partial charge in [-0.2, -0.15) is 0 Å². The molecule has 0 saturated heterocycles. The number of rotatable bonds is 6. The molecule has 0 bridgehead atoms. The van der Waals surface area contributed by atoms with Crippen molar-refractivity contribution in [3.63, 3.8) is 0 Å². The molecular formula is C10H19NO4. The summed E-state index contributed by atoms with van der Waals surface area (Å²) in [6.07, 6.45) is 0.483. The number of carbonyl (C=O) groups excluding carboxylic acids is 1. The van der Waals surface area contributed by atoms with Crippen LogP contribution in [0.1, 0.15) is 27.2 Å². The minimum atomic E-state index is -0.945. The zero-order valence-corrected chi connectivity index (χ0v) is 9.61. The molecule has 2 N–H and O–H groups in total. The third kappa shape index (κ3) is 5.37. The second-order valence-electron chi connectivity index (χ2n) is 3.93. The topological polar surface area (TPSA) is 75.6 Å². The summed E-state index contributed by atoms with van der Waals surface area (Å²) in [4.78, 5) is 21.9. The van der Waals surface area contributed by atoms with E-state index >= 15 is 0 Å². The van der Waals surface area contributed by atoms with Gasteiger partial charge in [-0.3, -0.25) is 14.9 Å². The maximum Gasteiger partial charge on any atom is 0.322 e. The Hall–Kier alpha value is -1.10.